The Labute approximate surface area is 312 Å². The van der Waals surface area contributed by atoms with E-state index >= 15 is 0 Å². The molecule has 0 aliphatic rings. The molecule has 0 saturated carbocycles. The molecule has 14 heteroatoms. The number of carbonyl (C=O) groups excluding carboxylic acids is 4. The molecule has 0 saturated heterocycles. The van der Waals surface area contributed by atoms with Gasteiger partial charge in [0, 0.05) is 23.3 Å². The Balaban J connectivity index is -0.000000209. The van der Waals surface area contributed by atoms with E-state index in [1.165, 1.54) is 0 Å². The van der Waals surface area contributed by atoms with Gasteiger partial charge in [0.2, 0.25) is 11.8 Å². The van der Waals surface area contributed by atoms with E-state index in [-0.39, 0.29) is 62.3 Å². The van der Waals surface area contributed by atoms with Crippen molar-refractivity contribution in [3.63, 3.8) is 0 Å². The van der Waals surface area contributed by atoms with Crippen LogP contribution >= 0.6 is 50.5 Å². The van der Waals surface area contributed by atoms with Gasteiger partial charge in [0.25, 0.3) is 0 Å². The molecule has 0 aromatic heterocycles. The van der Waals surface area contributed by atoms with Gasteiger partial charge < -0.3 is 31.9 Å². The van der Waals surface area contributed by atoms with Crippen LogP contribution < -0.4 is 50.4 Å². The van der Waals surface area contributed by atoms with E-state index in [1.807, 2.05) is 13.8 Å². The number of nitrogens with one attached hydrogen (secondary N) is 2. The van der Waals surface area contributed by atoms with Crippen LogP contribution in [0.15, 0.2) is 0 Å². The van der Waals surface area contributed by atoms with Crippen LogP contribution in [0.3, 0.4) is 0 Å². The fourth-order valence-corrected chi connectivity index (χ4v) is 5.42. The molecule has 0 aromatic carbocycles. The number of unbranched alkanes of at least 4 members (excludes halogenated alkanes) is 4. The van der Waals surface area contributed by atoms with Crippen LogP contribution in [-0.4, -0.2) is 57.8 Å². The van der Waals surface area contributed by atoms with Crippen molar-refractivity contribution in [1.82, 2.24) is 10.6 Å². The van der Waals surface area contributed by atoms with Crippen molar-refractivity contribution in [2.24, 2.45) is 0 Å². The molecule has 8 nitrogen and oxygen atoms in total. The van der Waals surface area contributed by atoms with Crippen molar-refractivity contribution in [2.75, 3.05) is 11.5 Å². The number of aliphatic carboxylic acids is 2. The summed E-state index contributed by atoms with van der Waals surface area (Å²) in [6, 6.07) is -1.71. The van der Waals surface area contributed by atoms with Crippen molar-refractivity contribution in [3.05, 3.63) is 0 Å². The number of thiol groups is 4. The van der Waals surface area contributed by atoms with E-state index in [0.717, 1.165) is 88.6 Å². The maximum atomic E-state index is 11.7. The molecule has 2 unspecified atom stereocenters. The molecule has 0 bridgehead atoms. The Kier molecular flexibility index (Phi) is 41.2. The molecule has 42 heavy (non-hydrogen) atoms. The Morgan fingerprint density at radius 1 is 0.619 bits per heavy atom. The van der Waals surface area contributed by atoms with Crippen molar-refractivity contribution < 1.29 is 79.9 Å². The zero-order valence-electron chi connectivity index (χ0n) is 27.0. The average molecular weight is 730 g/mol. The van der Waals surface area contributed by atoms with Crippen LogP contribution in [0.4, 0.5) is 0 Å². The largest absolute Gasteiger partial charge is 2.00 e. The first-order chi connectivity index (χ1) is 19.0. The summed E-state index contributed by atoms with van der Waals surface area (Å²) in [7, 11) is 0. The second-order valence-corrected chi connectivity index (χ2v) is 12.3. The van der Waals surface area contributed by atoms with Crippen molar-refractivity contribution in [2.45, 2.75) is 139 Å². The first-order valence-corrected chi connectivity index (χ1v) is 16.9. The molecular weight excluding hydrogens is 677 g/mol. The maximum Gasteiger partial charge on any atom is 2.00 e. The average Bonchev–Trinajstić information content (AvgIpc) is 2.89. The first kappa shape index (κ1) is 49.8. The van der Waals surface area contributed by atoms with E-state index in [9.17, 15) is 29.4 Å². The van der Waals surface area contributed by atoms with Crippen molar-refractivity contribution in [1.29, 1.82) is 0 Å². The summed E-state index contributed by atoms with van der Waals surface area (Å²) in [4.78, 5) is 45.1. The summed E-state index contributed by atoms with van der Waals surface area (Å²) >= 11 is 17.1. The molecule has 0 spiro atoms. The number of hydrogen-bond acceptors (Lipinski definition) is 10. The molecule has 2 amide bonds. The Morgan fingerprint density at radius 2 is 0.952 bits per heavy atom. The normalized spacial score (nSPS) is 13.1. The number of rotatable bonds is 24. The van der Waals surface area contributed by atoms with Crippen molar-refractivity contribution >= 4 is 74.3 Å². The molecule has 0 heterocycles. The molecule has 4 atom stereocenters. The summed E-state index contributed by atoms with van der Waals surface area (Å²) in [5.74, 6) is -1.17. The fraction of sp³-hybridized carbons (Fsp3) is 0.857. The Bertz CT molecular complexity index is 652. The van der Waals surface area contributed by atoms with Gasteiger partial charge in [0.1, 0.15) is 0 Å². The van der Waals surface area contributed by atoms with Crippen LogP contribution in [0.2, 0.25) is 0 Å². The molecule has 0 aliphatic carbocycles. The standard InChI is InChI=1S/2C14H27NO3S2.Na.Zn.H/c2*1-2-3-7-12(14(17)18)15-13(16)8-5-4-6-11(20)9-10-19;;;/h2*11-12,19-20H,2-10H2,1H3,(H,15,16)(H,17,18);;;/q;;+1;+2;-1/p-2/t2*11?,12-;;;/m00.../s1. The molecule has 2 N–H and O–H groups in total. The van der Waals surface area contributed by atoms with Gasteiger partial charge in [-0.3, -0.25) is 9.59 Å². The molecule has 238 valence electrons. The van der Waals surface area contributed by atoms with Gasteiger partial charge in [-0.15, -0.1) is 0 Å². The van der Waals surface area contributed by atoms with E-state index in [4.69, 9.17) is 0 Å². The van der Waals surface area contributed by atoms with Gasteiger partial charge in [-0.1, -0.05) is 52.4 Å². The summed E-state index contributed by atoms with van der Waals surface area (Å²) in [6.45, 7) is 3.96. The third kappa shape index (κ3) is 32.3. The summed E-state index contributed by atoms with van der Waals surface area (Å²) in [5, 5.41) is 27.5. The zero-order chi connectivity index (χ0) is 30.8. The van der Waals surface area contributed by atoms with Gasteiger partial charge in [-0.05, 0) is 62.9 Å². The minimum Gasteiger partial charge on any atom is -1.00 e. The van der Waals surface area contributed by atoms with Gasteiger partial charge >= 0.3 is 49.0 Å². The minimum atomic E-state index is -1.20. The van der Waals surface area contributed by atoms with Crippen LogP contribution in [0.25, 0.3) is 0 Å². The quantitative estimate of drug-likeness (QED) is 0.0481. The van der Waals surface area contributed by atoms with E-state index in [0.29, 0.717) is 36.2 Å². The predicted octanol–water partition coefficient (Wildman–Crippen LogP) is 0.294. The van der Waals surface area contributed by atoms with Gasteiger partial charge in [-0.25, -0.2) is 0 Å². The fourth-order valence-electron chi connectivity index (χ4n) is 3.77. The zero-order valence-corrected chi connectivity index (χ0v) is 34.5. The molecule has 0 radical (unpaired) electrons. The van der Waals surface area contributed by atoms with Crippen LogP contribution in [0, 0.1) is 0 Å². The number of carboxylic acid groups (broad SMARTS) is 2. The van der Waals surface area contributed by atoms with Crippen LogP contribution in [0.1, 0.15) is 118 Å². The topological polar surface area (TPSA) is 138 Å². The van der Waals surface area contributed by atoms with E-state index in [2.05, 4.69) is 61.1 Å². The molecule has 0 aromatic rings. The Hall–Kier alpha value is 0.903. The van der Waals surface area contributed by atoms with Crippen molar-refractivity contribution in [3.8, 4) is 0 Å². The third-order valence-corrected chi connectivity index (χ3v) is 7.79. The van der Waals surface area contributed by atoms with Gasteiger partial charge in [-0.2, -0.15) is 50.5 Å². The summed E-state index contributed by atoms with van der Waals surface area (Å²) in [5.41, 5.74) is 0. The van der Waals surface area contributed by atoms with E-state index < -0.39 is 24.0 Å². The number of hydrogen-bond donors (Lipinski definition) is 6. The third-order valence-electron chi connectivity index (χ3n) is 6.24. The molecular formula is C28H53N2NaO6S4Zn. The van der Waals surface area contributed by atoms with Crippen LogP contribution in [0.5, 0.6) is 0 Å². The van der Waals surface area contributed by atoms with E-state index in [1.54, 1.807) is 0 Å². The number of amides is 2. The monoisotopic (exact) mass is 728 g/mol. The molecule has 0 rings (SSSR count). The number of carbonyl (C=O) groups is 4. The van der Waals surface area contributed by atoms with Gasteiger partial charge in [0.05, 0.1) is 24.0 Å². The Morgan fingerprint density at radius 3 is 1.21 bits per heavy atom. The first-order valence-electron chi connectivity index (χ1n) is 14.6. The second kappa shape index (κ2) is 34.8. The minimum absolute atomic E-state index is 0. The SMILES string of the molecule is CCCC[C@H](NC(=O)CCCCC(S)CCS)C(=O)[O-].CCCC[C@H](NC(=O)CCCCC(S)CCS)C(=O)[O-].[H-].[Na+].[Zn+2]. The van der Waals surface area contributed by atoms with Gasteiger partial charge in [0.15, 0.2) is 0 Å². The maximum absolute atomic E-state index is 11.7. The molecule has 0 fully saturated rings. The summed E-state index contributed by atoms with van der Waals surface area (Å²) in [6.07, 6.45) is 12.1. The van der Waals surface area contributed by atoms with Crippen LogP contribution in [-0.2, 0) is 38.7 Å². The second-order valence-electron chi connectivity index (χ2n) is 9.99. The smallest absolute Gasteiger partial charge is 1.00 e. The predicted molar refractivity (Wildman–Crippen MR) is 173 cm³/mol. The summed E-state index contributed by atoms with van der Waals surface area (Å²) < 4.78 is 0. The molecule has 0 aliphatic heterocycles. The number of carboxylic acids is 2.